The van der Waals surface area contributed by atoms with E-state index >= 15 is 0 Å². The summed E-state index contributed by atoms with van der Waals surface area (Å²) in [7, 11) is 1.27. The third-order valence-electron chi connectivity index (χ3n) is 5.70. The molecule has 1 aliphatic rings. The molecule has 0 saturated heterocycles. The number of hydrogen-bond acceptors (Lipinski definition) is 8. The first-order valence-corrected chi connectivity index (χ1v) is 12.7. The minimum Gasteiger partial charge on any atom is -0.490 e. The Hall–Kier alpha value is -4.25. The van der Waals surface area contributed by atoms with Crippen molar-refractivity contribution in [3.63, 3.8) is 0 Å². The average molecular weight is 540 g/mol. The van der Waals surface area contributed by atoms with Crippen LogP contribution in [0, 0.1) is 5.82 Å². The summed E-state index contributed by atoms with van der Waals surface area (Å²) in [6.07, 6.45) is 3.83. The maximum Gasteiger partial charge on any atom is 0.341 e. The van der Waals surface area contributed by atoms with Crippen LogP contribution in [-0.2, 0) is 33.8 Å². The predicted molar refractivity (Wildman–Crippen MR) is 140 cm³/mol. The smallest absolute Gasteiger partial charge is 0.341 e. The molecule has 0 atom stereocenters. The van der Waals surface area contributed by atoms with Gasteiger partial charge in [0.25, 0.3) is 0 Å². The number of hydrazone groups is 1. The number of fused-ring (bicyclic) bond motifs is 1. The highest BCUT2D eigenvalue weighted by Gasteiger charge is 2.29. The number of methoxy groups -OCH3 is 1. The fourth-order valence-corrected chi connectivity index (χ4v) is 5.19. The number of halogens is 1. The van der Waals surface area contributed by atoms with Crippen molar-refractivity contribution in [3.8, 4) is 11.5 Å². The number of esters is 1. The van der Waals surface area contributed by atoms with Crippen LogP contribution in [-0.4, -0.2) is 37.7 Å². The molecular weight excluding hydrogens is 513 g/mol. The Kier molecular flexibility index (Phi) is 8.70. The van der Waals surface area contributed by atoms with Gasteiger partial charge < -0.3 is 19.5 Å². The number of amides is 2. The second-order valence-corrected chi connectivity index (χ2v) is 9.37. The molecule has 38 heavy (non-hydrogen) atoms. The van der Waals surface area contributed by atoms with Gasteiger partial charge in [0, 0.05) is 4.88 Å². The Morgan fingerprint density at radius 3 is 2.58 bits per heavy atom. The second-order valence-electron chi connectivity index (χ2n) is 8.26. The van der Waals surface area contributed by atoms with E-state index in [1.807, 2.05) is 6.92 Å². The summed E-state index contributed by atoms with van der Waals surface area (Å²) < 4.78 is 29.4. The average Bonchev–Trinajstić information content (AvgIpc) is 3.50. The number of nitrogens with zero attached hydrogens (tertiary/aromatic N) is 1. The first-order valence-electron chi connectivity index (χ1n) is 11.9. The summed E-state index contributed by atoms with van der Waals surface area (Å²) in [5, 5.41) is 6.65. The Balaban J connectivity index is 1.37. The topological polar surface area (TPSA) is 115 Å². The van der Waals surface area contributed by atoms with Crippen LogP contribution < -0.4 is 20.2 Å². The zero-order chi connectivity index (χ0) is 27.1. The van der Waals surface area contributed by atoms with Gasteiger partial charge in [-0.2, -0.15) is 5.10 Å². The van der Waals surface area contributed by atoms with Gasteiger partial charge in [-0.15, -0.1) is 11.3 Å². The van der Waals surface area contributed by atoms with Crippen LogP contribution in [0.15, 0.2) is 47.6 Å². The van der Waals surface area contributed by atoms with Gasteiger partial charge in [-0.25, -0.2) is 14.6 Å². The van der Waals surface area contributed by atoms with Crippen molar-refractivity contribution in [2.45, 2.75) is 32.8 Å². The monoisotopic (exact) mass is 539 g/mol. The van der Waals surface area contributed by atoms with E-state index in [4.69, 9.17) is 14.2 Å². The van der Waals surface area contributed by atoms with Crippen molar-refractivity contribution in [2.75, 3.05) is 19.0 Å². The molecule has 0 radical (unpaired) electrons. The number of carbonyl (C=O) groups excluding carboxylic acids is 3. The van der Waals surface area contributed by atoms with E-state index in [2.05, 4.69) is 15.8 Å². The van der Waals surface area contributed by atoms with Crippen molar-refractivity contribution in [1.82, 2.24) is 5.43 Å². The zero-order valence-electron chi connectivity index (χ0n) is 20.8. The number of hydrogen-bond donors (Lipinski definition) is 2. The quantitative estimate of drug-likeness (QED) is 0.182. The highest BCUT2D eigenvalue weighted by molar-refractivity contribution is 7.17. The number of rotatable bonds is 9. The summed E-state index contributed by atoms with van der Waals surface area (Å²) in [4.78, 5) is 38.0. The highest BCUT2D eigenvalue weighted by atomic mass is 32.1. The Morgan fingerprint density at radius 2 is 1.84 bits per heavy atom. The number of benzene rings is 2. The number of carbonyl (C=O) groups is 3. The summed E-state index contributed by atoms with van der Waals surface area (Å²) >= 11 is 1.28. The molecule has 4 rings (SSSR count). The molecule has 0 saturated carbocycles. The Bertz CT molecular complexity index is 1370. The molecule has 0 fully saturated rings. The molecule has 1 aliphatic carbocycles. The van der Waals surface area contributed by atoms with E-state index in [1.165, 1.54) is 36.8 Å². The molecule has 0 aliphatic heterocycles. The molecule has 0 bridgehead atoms. The molecule has 2 amide bonds. The minimum atomic E-state index is -0.991. The van der Waals surface area contributed by atoms with E-state index in [-0.39, 0.29) is 12.4 Å². The van der Waals surface area contributed by atoms with E-state index < -0.39 is 17.8 Å². The molecule has 0 unspecified atom stereocenters. The van der Waals surface area contributed by atoms with E-state index in [0.29, 0.717) is 34.2 Å². The Labute approximate surface area is 222 Å². The maximum absolute atomic E-state index is 13.1. The molecule has 0 spiro atoms. The molecule has 11 heteroatoms. The summed E-state index contributed by atoms with van der Waals surface area (Å²) in [5.41, 5.74) is 4.74. The minimum absolute atomic E-state index is 0.226. The van der Waals surface area contributed by atoms with Crippen molar-refractivity contribution in [2.24, 2.45) is 5.10 Å². The van der Waals surface area contributed by atoms with Crippen LogP contribution in [0.1, 0.15) is 45.3 Å². The largest absolute Gasteiger partial charge is 0.490 e. The fraction of sp³-hybridized carbons (Fsp3) is 0.259. The molecule has 2 aromatic carbocycles. The van der Waals surface area contributed by atoms with Crippen molar-refractivity contribution in [3.05, 3.63) is 75.4 Å². The van der Waals surface area contributed by atoms with Crippen LogP contribution in [0.25, 0.3) is 0 Å². The molecule has 1 aromatic heterocycles. The lowest BCUT2D eigenvalue weighted by Gasteiger charge is -2.12. The summed E-state index contributed by atoms with van der Waals surface area (Å²) in [5.74, 6) is -1.86. The van der Waals surface area contributed by atoms with Crippen LogP contribution in [0.3, 0.4) is 0 Å². The lowest BCUT2D eigenvalue weighted by molar-refractivity contribution is -0.136. The summed E-state index contributed by atoms with van der Waals surface area (Å²) in [6.45, 7) is 2.45. The standard InChI is InChI=1S/C27H26FN3O6S/c1-3-36-21-13-17(9-12-20(21)37-15-16-7-10-18(28)11-8-16)14-29-31-25(33)24(32)30-26-23(27(34)35-2)19-5-4-6-22(19)38-26/h7-14H,3-6,15H2,1-2H3,(H,30,32)(H,31,33)/b29-14+. The first-order chi connectivity index (χ1) is 18.4. The number of thiophene rings is 1. The summed E-state index contributed by atoms with van der Waals surface area (Å²) in [6, 6.07) is 11.1. The number of ether oxygens (including phenoxy) is 3. The zero-order valence-corrected chi connectivity index (χ0v) is 21.7. The third kappa shape index (κ3) is 6.35. The van der Waals surface area contributed by atoms with Crippen LogP contribution in [0.2, 0.25) is 0 Å². The van der Waals surface area contributed by atoms with Crippen molar-refractivity contribution < 1.29 is 33.0 Å². The number of anilines is 1. The van der Waals surface area contributed by atoms with Gasteiger partial charge in [-0.3, -0.25) is 9.59 Å². The van der Waals surface area contributed by atoms with Gasteiger partial charge in [-0.1, -0.05) is 12.1 Å². The van der Waals surface area contributed by atoms with Crippen LogP contribution in [0.5, 0.6) is 11.5 Å². The molecule has 1 heterocycles. The SMILES string of the molecule is CCOc1cc(/C=N/NC(=O)C(=O)Nc2sc3c(c2C(=O)OC)CCC3)ccc1OCc1ccc(F)cc1. The van der Waals surface area contributed by atoms with Gasteiger partial charge in [0.2, 0.25) is 0 Å². The van der Waals surface area contributed by atoms with Crippen LogP contribution >= 0.6 is 11.3 Å². The highest BCUT2D eigenvalue weighted by Crippen LogP contribution is 2.39. The maximum atomic E-state index is 13.1. The van der Waals surface area contributed by atoms with E-state index in [0.717, 1.165) is 35.3 Å². The lowest BCUT2D eigenvalue weighted by atomic mass is 10.1. The van der Waals surface area contributed by atoms with Gasteiger partial charge in [0.15, 0.2) is 11.5 Å². The third-order valence-corrected chi connectivity index (χ3v) is 6.91. The van der Waals surface area contributed by atoms with Gasteiger partial charge in [0.05, 0.1) is 25.5 Å². The van der Waals surface area contributed by atoms with Gasteiger partial charge in [-0.05, 0) is 73.2 Å². The Morgan fingerprint density at radius 1 is 1.05 bits per heavy atom. The normalized spacial score (nSPS) is 12.2. The molecular formula is C27H26FN3O6S. The van der Waals surface area contributed by atoms with Crippen LogP contribution in [0.4, 0.5) is 9.39 Å². The predicted octanol–water partition coefficient (Wildman–Crippen LogP) is 4.23. The molecule has 198 valence electrons. The van der Waals surface area contributed by atoms with Gasteiger partial charge >= 0.3 is 17.8 Å². The first kappa shape index (κ1) is 26.8. The molecule has 9 nitrogen and oxygen atoms in total. The number of nitrogens with one attached hydrogen (secondary N) is 2. The fourth-order valence-electron chi connectivity index (χ4n) is 3.92. The van der Waals surface area contributed by atoms with E-state index in [1.54, 1.807) is 30.3 Å². The second kappa shape index (κ2) is 12.3. The van der Waals surface area contributed by atoms with Crippen molar-refractivity contribution >= 4 is 40.3 Å². The molecule has 3 aromatic rings. The van der Waals surface area contributed by atoms with E-state index in [9.17, 15) is 18.8 Å². The van der Waals surface area contributed by atoms with Crippen molar-refractivity contribution in [1.29, 1.82) is 0 Å². The van der Waals surface area contributed by atoms with Gasteiger partial charge in [0.1, 0.15) is 17.4 Å². The molecule has 2 N–H and O–H groups in total. The lowest BCUT2D eigenvalue weighted by Crippen LogP contribution is -2.32. The number of aryl methyl sites for hydroxylation is 1.